The molecule has 1 aromatic carbocycles. The second-order valence-corrected chi connectivity index (χ2v) is 8.44. The van der Waals surface area contributed by atoms with Gasteiger partial charge in [0.1, 0.15) is 5.01 Å². The number of nitrogens with one attached hydrogen (secondary N) is 1. The number of aryl methyl sites for hydroxylation is 2. The van der Waals surface area contributed by atoms with Gasteiger partial charge in [0.05, 0.1) is 18.2 Å². The molecule has 0 radical (unpaired) electrons. The molecule has 0 bridgehead atoms. The van der Waals surface area contributed by atoms with E-state index in [-0.39, 0.29) is 5.91 Å². The summed E-state index contributed by atoms with van der Waals surface area (Å²) in [4.78, 5) is 19.5. The lowest BCUT2D eigenvalue weighted by Crippen LogP contribution is -2.24. The van der Waals surface area contributed by atoms with E-state index >= 15 is 0 Å². The Kier molecular flexibility index (Phi) is 5.59. The minimum atomic E-state index is -0.0207. The van der Waals surface area contributed by atoms with Crippen LogP contribution in [0, 0.1) is 6.92 Å². The number of amides is 1. The Labute approximate surface area is 170 Å². The van der Waals surface area contributed by atoms with Gasteiger partial charge in [-0.3, -0.25) is 9.69 Å². The number of nitrogens with zero attached hydrogens (tertiary/aromatic N) is 3. The molecule has 146 valence electrons. The van der Waals surface area contributed by atoms with Gasteiger partial charge >= 0.3 is 0 Å². The largest absolute Gasteiger partial charge is 0.353 e. The molecule has 28 heavy (non-hydrogen) atoms. The molecule has 1 aliphatic rings. The fourth-order valence-electron chi connectivity index (χ4n) is 3.86. The van der Waals surface area contributed by atoms with E-state index in [1.54, 1.807) is 11.3 Å². The standard InChI is InChI=1S/C22H26N4OS/c1-16-7-9-17(10-8-16)23-21(27)13-22-24-18(15-28-22)14-26-12-4-6-20(26)19-5-3-11-25(19)2/h3,5,7-11,15,20H,4,6,12-14H2,1-2H3,(H,23,27)/t20-/m0/s1. The highest BCUT2D eigenvalue weighted by molar-refractivity contribution is 7.09. The van der Waals surface area contributed by atoms with E-state index in [2.05, 4.69) is 45.5 Å². The van der Waals surface area contributed by atoms with Crippen LogP contribution in [-0.4, -0.2) is 26.9 Å². The van der Waals surface area contributed by atoms with Crippen molar-refractivity contribution in [3.63, 3.8) is 0 Å². The topological polar surface area (TPSA) is 50.2 Å². The number of anilines is 1. The van der Waals surface area contributed by atoms with E-state index in [9.17, 15) is 4.79 Å². The molecular weight excluding hydrogens is 368 g/mol. The second-order valence-electron chi connectivity index (χ2n) is 7.50. The molecule has 1 N–H and O–H groups in total. The molecule has 1 saturated heterocycles. The SMILES string of the molecule is Cc1ccc(NC(=O)Cc2nc(CN3CCC[C@H]3c3cccn3C)cs2)cc1. The van der Waals surface area contributed by atoms with Crippen LogP contribution in [0.5, 0.6) is 0 Å². The minimum Gasteiger partial charge on any atom is -0.353 e. The fourth-order valence-corrected chi connectivity index (χ4v) is 4.64. The minimum absolute atomic E-state index is 0.0207. The lowest BCUT2D eigenvalue weighted by Gasteiger charge is -2.24. The van der Waals surface area contributed by atoms with Crippen molar-refractivity contribution < 1.29 is 4.79 Å². The number of likely N-dealkylation sites (tertiary alicyclic amines) is 1. The third kappa shape index (κ3) is 4.34. The Bertz CT molecular complexity index is 944. The number of carbonyl (C=O) groups is 1. The summed E-state index contributed by atoms with van der Waals surface area (Å²) >= 11 is 1.57. The van der Waals surface area contributed by atoms with Crippen molar-refractivity contribution in [2.45, 2.75) is 38.8 Å². The van der Waals surface area contributed by atoms with E-state index in [1.165, 1.54) is 24.1 Å². The van der Waals surface area contributed by atoms with Crippen molar-refractivity contribution in [3.05, 3.63) is 69.9 Å². The molecule has 1 aliphatic heterocycles. The van der Waals surface area contributed by atoms with Gasteiger partial charge in [0, 0.05) is 36.6 Å². The highest BCUT2D eigenvalue weighted by Crippen LogP contribution is 2.33. The Morgan fingerprint density at radius 3 is 2.86 bits per heavy atom. The zero-order valence-corrected chi connectivity index (χ0v) is 17.2. The van der Waals surface area contributed by atoms with Crippen molar-refractivity contribution in [1.29, 1.82) is 0 Å². The van der Waals surface area contributed by atoms with Crippen molar-refractivity contribution in [2.75, 3.05) is 11.9 Å². The smallest absolute Gasteiger partial charge is 0.231 e. The quantitative estimate of drug-likeness (QED) is 0.678. The number of hydrogen-bond acceptors (Lipinski definition) is 4. The summed E-state index contributed by atoms with van der Waals surface area (Å²) in [5.74, 6) is -0.0207. The average molecular weight is 395 g/mol. The number of benzene rings is 1. The average Bonchev–Trinajstić information content (AvgIpc) is 3.39. The number of rotatable bonds is 6. The Morgan fingerprint density at radius 2 is 2.11 bits per heavy atom. The first-order valence-electron chi connectivity index (χ1n) is 9.73. The van der Waals surface area contributed by atoms with Crippen LogP contribution in [0.15, 0.2) is 48.0 Å². The molecule has 0 unspecified atom stereocenters. The fraction of sp³-hybridized carbons (Fsp3) is 0.364. The van der Waals surface area contributed by atoms with Crippen LogP contribution in [-0.2, 0) is 24.8 Å². The van der Waals surface area contributed by atoms with E-state index in [4.69, 9.17) is 4.98 Å². The number of hydrogen-bond donors (Lipinski definition) is 1. The summed E-state index contributed by atoms with van der Waals surface area (Å²) in [7, 11) is 2.11. The van der Waals surface area contributed by atoms with Crippen molar-refractivity contribution in [3.8, 4) is 0 Å². The van der Waals surface area contributed by atoms with Crippen molar-refractivity contribution >= 4 is 22.9 Å². The molecule has 4 rings (SSSR count). The van der Waals surface area contributed by atoms with Gasteiger partial charge in [-0.2, -0.15) is 0 Å². The molecule has 2 aromatic heterocycles. The zero-order valence-electron chi connectivity index (χ0n) is 16.4. The van der Waals surface area contributed by atoms with Crippen LogP contribution in [0.4, 0.5) is 5.69 Å². The highest BCUT2D eigenvalue weighted by Gasteiger charge is 2.28. The summed E-state index contributed by atoms with van der Waals surface area (Å²) in [6, 6.07) is 12.6. The molecule has 1 atom stereocenters. The van der Waals surface area contributed by atoms with Crippen molar-refractivity contribution in [2.24, 2.45) is 7.05 Å². The van der Waals surface area contributed by atoms with Gasteiger partial charge in [-0.25, -0.2) is 4.98 Å². The molecule has 0 spiro atoms. The molecule has 1 amide bonds. The zero-order chi connectivity index (χ0) is 19.5. The summed E-state index contributed by atoms with van der Waals surface area (Å²) in [5, 5.41) is 5.91. The molecule has 3 aromatic rings. The Morgan fingerprint density at radius 1 is 1.29 bits per heavy atom. The monoisotopic (exact) mass is 394 g/mol. The highest BCUT2D eigenvalue weighted by atomic mass is 32.1. The third-order valence-corrected chi connectivity index (χ3v) is 6.20. The summed E-state index contributed by atoms with van der Waals surface area (Å²) in [5.41, 5.74) is 4.43. The maximum absolute atomic E-state index is 12.3. The van der Waals surface area contributed by atoms with E-state index in [0.29, 0.717) is 12.5 Å². The van der Waals surface area contributed by atoms with Gasteiger partial charge in [0.15, 0.2) is 0 Å². The third-order valence-electron chi connectivity index (χ3n) is 5.30. The predicted octanol–water partition coefficient (Wildman–Crippen LogP) is 4.31. The number of thiazole rings is 1. The number of aromatic nitrogens is 2. The van der Waals surface area contributed by atoms with E-state index in [0.717, 1.165) is 29.5 Å². The summed E-state index contributed by atoms with van der Waals surface area (Å²) in [6.45, 7) is 3.97. The summed E-state index contributed by atoms with van der Waals surface area (Å²) < 4.78 is 2.21. The second kappa shape index (κ2) is 8.29. The van der Waals surface area contributed by atoms with Gasteiger partial charge in [-0.1, -0.05) is 17.7 Å². The maximum atomic E-state index is 12.3. The van der Waals surface area contributed by atoms with Crippen LogP contribution < -0.4 is 5.32 Å². The molecule has 5 nitrogen and oxygen atoms in total. The maximum Gasteiger partial charge on any atom is 0.231 e. The van der Waals surface area contributed by atoms with Crippen LogP contribution in [0.3, 0.4) is 0 Å². The summed E-state index contributed by atoms with van der Waals surface area (Å²) in [6.07, 6.45) is 4.83. The van der Waals surface area contributed by atoms with E-state index < -0.39 is 0 Å². The van der Waals surface area contributed by atoms with Gasteiger partial charge in [-0.05, 0) is 50.6 Å². The van der Waals surface area contributed by atoms with E-state index in [1.807, 2.05) is 31.2 Å². The van der Waals surface area contributed by atoms with Gasteiger partial charge < -0.3 is 9.88 Å². The first-order chi connectivity index (χ1) is 13.6. The first kappa shape index (κ1) is 18.9. The Hall–Kier alpha value is -2.44. The van der Waals surface area contributed by atoms with Gasteiger partial charge in [-0.15, -0.1) is 11.3 Å². The van der Waals surface area contributed by atoms with Crippen LogP contribution in [0.2, 0.25) is 0 Å². The number of carbonyl (C=O) groups excluding carboxylic acids is 1. The molecular formula is C22H26N4OS. The van der Waals surface area contributed by atoms with Crippen molar-refractivity contribution in [1.82, 2.24) is 14.5 Å². The van der Waals surface area contributed by atoms with Gasteiger partial charge in [0.2, 0.25) is 5.91 Å². The van der Waals surface area contributed by atoms with Crippen LogP contribution in [0.25, 0.3) is 0 Å². The first-order valence-corrected chi connectivity index (χ1v) is 10.6. The molecule has 0 saturated carbocycles. The predicted molar refractivity (Wildman–Crippen MR) is 113 cm³/mol. The van der Waals surface area contributed by atoms with Crippen LogP contribution >= 0.6 is 11.3 Å². The van der Waals surface area contributed by atoms with Crippen LogP contribution in [0.1, 0.15) is 40.8 Å². The molecule has 6 heteroatoms. The lowest BCUT2D eigenvalue weighted by atomic mass is 10.1. The molecule has 1 fully saturated rings. The Balaban J connectivity index is 1.35. The molecule has 3 heterocycles. The normalized spacial score (nSPS) is 17.1. The molecule has 0 aliphatic carbocycles. The van der Waals surface area contributed by atoms with Gasteiger partial charge in [0.25, 0.3) is 0 Å². The lowest BCUT2D eigenvalue weighted by molar-refractivity contribution is -0.115.